The van der Waals surface area contributed by atoms with Gasteiger partial charge in [0.2, 0.25) is 11.0 Å². The summed E-state index contributed by atoms with van der Waals surface area (Å²) in [4.78, 5) is 11.9. The third kappa shape index (κ3) is 3.21. The van der Waals surface area contributed by atoms with Gasteiger partial charge in [-0.15, -0.1) is 10.2 Å². The predicted octanol–water partition coefficient (Wildman–Crippen LogP) is 0.539. The summed E-state index contributed by atoms with van der Waals surface area (Å²) in [5, 5.41) is 11.7. The first-order valence-corrected chi connectivity index (χ1v) is 6.43. The van der Waals surface area contributed by atoms with Crippen LogP contribution in [0.15, 0.2) is 0 Å². The number of hydrogen-bond acceptors (Lipinski definition) is 6. The van der Waals surface area contributed by atoms with Crippen molar-refractivity contribution in [1.29, 1.82) is 0 Å². The molecule has 1 fully saturated rings. The van der Waals surface area contributed by atoms with Gasteiger partial charge in [-0.2, -0.15) is 0 Å². The van der Waals surface area contributed by atoms with Crippen molar-refractivity contribution >= 4 is 22.4 Å². The Balaban J connectivity index is 1.90. The summed E-state index contributed by atoms with van der Waals surface area (Å²) in [6, 6.07) is -0.497. The van der Waals surface area contributed by atoms with Crippen LogP contribution in [0, 0.1) is 12.8 Å². The van der Waals surface area contributed by atoms with E-state index in [1.165, 1.54) is 11.3 Å². The second-order valence-electron chi connectivity index (χ2n) is 4.09. The fourth-order valence-corrected chi connectivity index (χ4v) is 2.42. The topological polar surface area (TPSA) is 90.1 Å². The number of hydrogen-bond donors (Lipinski definition) is 2. The van der Waals surface area contributed by atoms with E-state index in [2.05, 4.69) is 15.5 Å². The van der Waals surface area contributed by atoms with Crippen molar-refractivity contribution in [2.45, 2.75) is 25.8 Å². The summed E-state index contributed by atoms with van der Waals surface area (Å²) in [5.74, 6) is 0.00539. The molecule has 0 saturated carbocycles. The zero-order valence-electron chi connectivity index (χ0n) is 9.68. The molecule has 1 unspecified atom stereocenters. The normalized spacial score (nSPS) is 18.9. The molecule has 1 amide bonds. The average Bonchev–Trinajstić information content (AvgIpc) is 2.75. The molecule has 2 rings (SSSR count). The fraction of sp³-hybridized carbons (Fsp3) is 0.700. The van der Waals surface area contributed by atoms with E-state index in [0.29, 0.717) is 18.3 Å². The van der Waals surface area contributed by atoms with Gasteiger partial charge in [0.15, 0.2) is 0 Å². The minimum absolute atomic E-state index is 0.187. The molecule has 0 bridgehead atoms. The molecule has 3 N–H and O–H groups in total. The Bertz CT molecular complexity index is 389. The van der Waals surface area contributed by atoms with Gasteiger partial charge in [-0.1, -0.05) is 11.3 Å². The number of aryl methyl sites for hydroxylation is 1. The maximum absolute atomic E-state index is 11.9. The molecule has 0 radical (unpaired) electrons. The van der Waals surface area contributed by atoms with E-state index in [-0.39, 0.29) is 11.8 Å². The standard InChI is InChI=1S/C10H16N4O2S/c1-6-13-14-10(17-6)12-9(15)8(11)7-2-4-16-5-3-7/h7-8H,2-5,11H2,1H3,(H,12,14,15). The Morgan fingerprint density at radius 1 is 1.53 bits per heavy atom. The Labute approximate surface area is 104 Å². The molecule has 94 valence electrons. The Kier molecular flexibility index (Phi) is 4.03. The molecule has 1 aliphatic heterocycles. The van der Waals surface area contributed by atoms with Crippen molar-refractivity contribution in [3.63, 3.8) is 0 Å². The molecule has 2 heterocycles. The number of ether oxygens (including phenoxy) is 1. The summed E-state index contributed by atoms with van der Waals surface area (Å²) in [6.07, 6.45) is 1.67. The maximum Gasteiger partial charge on any atom is 0.243 e. The van der Waals surface area contributed by atoms with Crippen molar-refractivity contribution in [2.75, 3.05) is 18.5 Å². The van der Waals surface area contributed by atoms with Gasteiger partial charge in [0, 0.05) is 13.2 Å². The Morgan fingerprint density at radius 2 is 2.24 bits per heavy atom. The monoisotopic (exact) mass is 256 g/mol. The van der Waals surface area contributed by atoms with E-state index < -0.39 is 6.04 Å². The first kappa shape index (κ1) is 12.4. The van der Waals surface area contributed by atoms with E-state index in [9.17, 15) is 4.79 Å². The highest BCUT2D eigenvalue weighted by atomic mass is 32.1. The highest BCUT2D eigenvalue weighted by Crippen LogP contribution is 2.19. The van der Waals surface area contributed by atoms with Crippen molar-refractivity contribution in [1.82, 2.24) is 10.2 Å². The number of amides is 1. The molecule has 6 nitrogen and oxygen atoms in total. The average molecular weight is 256 g/mol. The van der Waals surface area contributed by atoms with Crippen molar-refractivity contribution in [3.05, 3.63) is 5.01 Å². The summed E-state index contributed by atoms with van der Waals surface area (Å²) >= 11 is 1.35. The molecule has 1 saturated heterocycles. The van der Waals surface area contributed by atoms with Crippen molar-refractivity contribution in [3.8, 4) is 0 Å². The minimum Gasteiger partial charge on any atom is -0.381 e. The number of aromatic nitrogens is 2. The fourth-order valence-electron chi connectivity index (χ4n) is 1.82. The summed E-state index contributed by atoms with van der Waals surface area (Å²) in [5.41, 5.74) is 5.94. The van der Waals surface area contributed by atoms with Gasteiger partial charge in [0.25, 0.3) is 0 Å². The number of rotatable bonds is 3. The van der Waals surface area contributed by atoms with Gasteiger partial charge < -0.3 is 10.5 Å². The molecule has 1 aromatic rings. The summed E-state index contributed by atoms with van der Waals surface area (Å²) in [7, 11) is 0. The van der Waals surface area contributed by atoms with E-state index >= 15 is 0 Å². The molecule has 0 aromatic carbocycles. The second kappa shape index (κ2) is 5.52. The Hall–Kier alpha value is -1.05. The number of carbonyl (C=O) groups excluding carboxylic acids is 1. The zero-order valence-corrected chi connectivity index (χ0v) is 10.5. The molecular formula is C10H16N4O2S. The minimum atomic E-state index is -0.497. The van der Waals surface area contributed by atoms with Crippen LogP contribution in [0.5, 0.6) is 0 Å². The lowest BCUT2D eigenvalue weighted by Gasteiger charge is -2.26. The van der Waals surface area contributed by atoms with Crippen LogP contribution in [0.1, 0.15) is 17.8 Å². The SMILES string of the molecule is Cc1nnc(NC(=O)C(N)C2CCOCC2)s1. The molecule has 1 aromatic heterocycles. The highest BCUT2D eigenvalue weighted by molar-refractivity contribution is 7.15. The van der Waals surface area contributed by atoms with Crippen LogP contribution in [0.3, 0.4) is 0 Å². The smallest absolute Gasteiger partial charge is 0.243 e. The lowest BCUT2D eigenvalue weighted by Crippen LogP contribution is -2.43. The van der Waals surface area contributed by atoms with E-state index in [4.69, 9.17) is 10.5 Å². The van der Waals surface area contributed by atoms with Gasteiger partial charge in [0.05, 0.1) is 6.04 Å². The van der Waals surface area contributed by atoms with Crippen LogP contribution in [-0.4, -0.2) is 35.4 Å². The first-order valence-electron chi connectivity index (χ1n) is 5.61. The number of nitrogens with one attached hydrogen (secondary N) is 1. The van der Waals surface area contributed by atoms with Crippen LogP contribution in [0.2, 0.25) is 0 Å². The summed E-state index contributed by atoms with van der Waals surface area (Å²) in [6.45, 7) is 3.21. The van der Waals surface area contributed by atoms with Gasteiger partial charge >= 0.3 is 0 Å². The largest absolute Gasteiger partial charge is 0.381 e. The Morgan fingerprint density at radius 3 is 2.82 bits per heavy atom. The van der Waals surface area contributed by atoms with Gasteiger partial charge in [-0.25, -0.2) is 0 Å². The molecule has 1 aliphatic rings. The molecule has 17 heavy (non-hydrogen) atoms. The van der Waals surface area contributed by atoms with E-state index in [1.54, 1.807) is 0 Å². The molecular weight excluding hydrogens is 240 g/mol. The van der Waals surface area contributed by atoms with Crippen LogP contribution in [0.25, 0.3) is 0 Å². The predicted molar refractivity (Wildman–Crippen MR) is 64.8 cm³/mol. The van der Waals surface area contributed by atoms with Gasteiger partial charge in [-0.3, -0.25) is 10.1 Å². The lowest BCUT2D eigenvalue weighted by atomic mass is 9.92. The van der Waals surface area contributed by atoms with Gasteiger partial charge in [0.1, 0.15) is 5.01 Å². The van der Waals surface area contributed by atoms with Crippen LogP contribution in [0.4, 0.5) is 5.13 Å². The second-order valence-corrected chi connectivity index (χ2v) is 5.27. The highest BCUT2D eigenvalue weighted by Gasteiger charge is 2.27. The first-order chi connectivity index (χ1) is 8.16. The summed E-state index contributed by atoms with van der Waals surface area (Å²) < 4.78 is 5.24. The number of nitrogens with two attached hydrogens (primary N) is 1. The van der Waals surface area contributed by atoms with Crippen molar-refractivity contribution < 1.29 is 9.53 Å². The van der Waals surface area contributed by atoms with E-state index in [1.807, 2.05) is 6.92 Å². The van der Waals surface area contributed by atoms with Gasteiger partial charge in [-0.05, 0) is 25.7 Å². The quantitative estimate of drug-likeness (QED) is 0.823. The van der Waals surface area contributed by atoms with E-state index in [0.717, 1.165) is 17.8 Å². The molecule has 1 atom stereocenters. The third-order valence-electron chi connectivity index (χ3n) is 2.83. The van der Waals surface area contributed by atoms with Crippen LogP contribution < -0.4 is 11.1 Å². The lowest BCUT2D eigenvalue weighted by molar-refractivity contribution is -0.119. The number of carbonyl (C=O) groups is 1. The molecule has 7 heteroatoms. The van der Waals surface area contributed by atoms with Crippen LogP contribution in [-0.2, 0) is 9.53 Å². The number of anilines is 1. The number of nitrogens with zero attached hydrogens (tertiary/aromatic N) is 2. The molecule has 0 aliphatic carbocycles. The third-order valence-corrected chi connectivity index (χ3v) is 3.59. The zero-order chi connectivity index (χ0) is 12.3. The van der Waals surface area contributed by atoms with Crippen molar-refractivity contribution in [2.24, 2.45) is 11.7 Å². The molecule has 0 spiro atoms. The van der Waals surface area contributed by atoms with Crippen LogP contribution >= 0.6 is 11.3 Å². The maximum atomic E-state index is 11.9.